The Morgan fingerprint density at radius 3 is 2.55 bits per heavy atom. The Morgan fingerprint density at radius 1 is 1.14 bits per heavy atom. The standard InChI is InChI=1S/C14H20N8/c1-3-22(4-2)14-20-12(17-10-5-6-10)19-13(21-14)18-11-7-8-15-9-16-11/h7-10H,3-6H2,1-2H3,(H2,15,16,17,18,19,20,21). The van der Waals surface area contributed by atoms with Gasteiger partial charge in [0.2, 0.25) is 17.8 Å². The Hall–Kier alpha value is -2.51. The van der Waals surface area contributed by atoms with Crippen molar-refractivity contribution in [2.75, 3.05) is 28.6 Å². The molecular formula is C14H20N8. The number of nitrogens with one attached hydrogen (secondary N) is 2. The quantitative estimate of drug-likeness (QED) is 0.800. The summed E-state index contributed by atoms with van der Waals surface area (Å²) in [5.74, 6) is 2.42. The van der Waals surface area contributed by atoms with Crippen molar-refractivity contribution in [1.29, 1.82) is 0 Å². The third kappa shape index (κ3) is 3.57. The molecule has 1 aliphatic carbocycles. The largest absolute Gasteiger partial charge is 0.351 e. The summed E-state index contributed by atoms with van der Waals surface area (Å²) in [5, 5.41) is 6.43. The van der Waals surface area contributed by atoms with Gasteiger partial charge in [-0.05, 0) is 32.8 Å². The lowest BCUT2D eigenvalue weighted by Gasteiger charge is -2.19. The number of hydrogen-bond acceptors (Lipinski definition) is 8. The van der Waals surface area contributed by atoms with Crippen molar-refractivity contribution in [2.45, 2.75) is 32.7 Å². The minimum absolute atomic E-state index is 0.485. The molecule has 1 saturated carbocycles. The molecule has 2 aromatic rings. The van der Waals surface area contributed by atoms with Crippen LogP contribution >= 0.6 is 0 Å². The summed E-state index contributed by atoms with van der Waals surface area (Å²) in [7, 11) is 0. The van der Waals surface area contributed by atoms with Crippen LogP contribution in [0.4, 0.5) is 23.7 Å². The first kappa shape index (κ1) is 14.4. The number of aromatic nitrogens is 5. The number of hydrogen-bond donors (Lipinski definition) is 2. The van der Waals surface area contributed by atoms with Crippen molar-refractivity contribution >= 4 is 23.7 Å². The zero-order chi connectivity index (χ0) is 15.4. The van der Waals surface area contributed by atoms with E-state index < -0.39 is 0 Å². The third-order valence-electron chi connectivity index (χ3n) is 3.40. The van der Waals surface area contributed by atoms with E-state index in [1.807, 2.05) is 0 Å². The Morgan fingerprint density at radius 2 is 1.91 bits per heavy atom. The number of nitrogens with zero attached hydrogens (tertiary/aromatic N) is 6. The van der Waals surface area contributed by atoms with Crippen molar-refractivity contribution in [2.24, 2.45) is 0 Å². The molecule has 2 aromatic heterocycles. The van der Waals surface area contributed by atoms with Gasteiger partial charge in [-0.25, -0.2) is 9.97 Å². The molecule has 3 rings (SSSR count). The van der Waals surface area contributed by atoms with E-state index in [9.17, 15) is 0 Å². The van der Waals surface area contributed by atoms with Gasteiger partial charge >= 0.3 is 0 Å². The fraction of sp³-hybridized carbons (Fsp3) is 0.500. The molecule has 116 valence electrons. The highest BCUT2D eigenvalue weighted by molar-refractivity contribution is 5.51. The Balaban J connectivity index is 1.87. The fourth-order valence-electron chi connectivity index (χ4n) is 2.02. The zero-order valence-electron chi connectivity index (χ0n) is 12.8. The first-order chi connectivity index (χ1) is 10.8. The van der Waals surface area contributed by atoms with Crippen LogP contribution in [-0.2, 0) is 0 Å². The Labute approximate surface area is 129 Å². The normalized spacial score (nSPS) is 13.7. The second-order valence-electron chi connectivity index (χ2n) is 5.09. The molecule has 1 fully saturated rings. The highest BCUT2D eigenvalue weighted by Crippen LogP contribution is 2.24. The molecule has 22 heavy (non-hydrogen) atoms. The van der Waals surface area contributed by atoms with Crippen LogP contribution in [0.5, 0.6) is 0 Å². The van der Waals surface area contributed by atoms with Gasteiger partial charge in [-0.3, -0.25) is 0 Å². The summed E-state index contributed by atoms with van der Waals surface area (Å²) in [4.78, 5) is 23.6. The van der Waals surface area contributed by atoms with Crippen LogP contribution in [0.2, 0.25) is 0 Å². The Bertz CT molecular complexity index is 609. The molecule has 0 atom stereocenters. The van der Waals surface area contributed by atoms with Crippen LogP contribution in [-0.4, -0.2) is 44.1 Å². The molecule has 2 heterocycles. The fourth-order valence-corrected chi connectivity index (χ4v) is 2.02. The maximum Gasteiger partial charge on any atom is 0.235 e. The first-order valence-electron chi connectivity index (χ1n) is 7.59. The van der Waals surface area contributed by atoms with Crippen LogP contribution in [0.3, 0.4) is 0 Å². The molecule has 0 saturated heterocycles. The van der Waals surface area contributed by atoms with Crippen molar-refractivity contribution in [3.05, 3.63) is 18.6 Å². The highest BCUT2D eigenvalue weighted by Gasteiger charge is 2.23. The van der Waals surface area contributed by atoms with E-state index in [1.165, 1.54) is 19.2 Å². The van der Waals surface area contributed by atoms with Crippen LogP contribution in [0, 0.1) is 0 Å². The van der Waals surface area contributed by atoms with Crippen molar-refractivity contribution in [3.63, 3.8) is 0 Å². The maximum atomic E-state index is 4.52. The molecule has 0 spiro atoms. The van der Waals surface area contributed by atoms with Crippen LogP contribution < -0.4 is 15.5 Å². The molecule has 0 unspecified atom stereocenters. The van der Waals surface area contributed by atoms with Gasteiger partial charge in [0.15, 0.2) is 0 Å². The number of rotatable bonds is 7. The molecule has 0 aliphatic heterocycles. The summed E-state index contributed by atoms with van der Waals surface area (Å²) in [6.45, 7) is 5.85. The second kappa shape index (κ2) is 6.50. The summed E-state index contributed by atoms with van der Waals surface area (Å²) in [6, 6.07) is 2.26. The van der Waals surface area contributed by atoms with Gasteiger partial charge in [-0.15, -0.1) is 0 Å². The summed E-state index contributed by atoms with van der Waals surface area (Å²) in [5.41, 5.74) is 0. The first-order valence-corrected chi connectivity index (χ1v) is 7.59. The van der Waals surface area contributed by atoms with Gasteiger partial charge in [0.25, 0.3) is 0 Å². The van der Waals surface area contributed by atoms with E-state index >= 15 is 0 Å². The van der Waals surface area contributed by atoms with Crippen LogP contribution in [0.15, 0.2) is 18.6 Å². The predicted octanol–water partition coefficient (Wildman–Crippen LogP) is 1.83. The molecule has 1 aliphatic rings. The molecule has 8 nitrogen and oxygen atoms in total. The highest BCUT2D eigenvalue weighted by atomic mass is 15.3. The maximum absolute atomic E-state index is 4.52. The van der Waals surface area contributed by atoms with E-state index in [2.05, 4.69) is 54.3 Å². The van der Waals surface area contributed by atoms with Gasteiger partial charge in [-0.2, -0.15) is 15.0 Å². The third-order valence-corrected chi connectivity index (χ3v) is 3.40. The number of anilines is 4. The Kier molecular flexibility index (Phi) is 4.27. The average Bonchev–Trinajstić information content (AvgIpc) is 3.33. The molecule has 8 heteroatoms. The zero-order valence-corrected chi connectivity index (χ0v) is 12.8. The van der Waals surface area contributed by atoms with E-state index in [0.29, 0.717) is 29.7 Å². The van der Waals surface area contributed by atoms with E-state index in [-0.39, 0.29) is 0 Å². The smallest absolute Gasteiger partial charge is 0.235 e. The van der Waals surface area contributed by atoms with Crippen molar-refractivity contribution in [3.8, 4) is 0 Å². The monoisotopic (exact) mass is 300 g/mol. The van der Waals surface area contributed by atoms with E-state index in [0.717, 1.165) is 13.1 Å². The average molecular weight is 300 g/mol. The minimum Gasteiger partial charge on any atom is -0.351 e. The molecule has 0 radical (unpaired) electrons. The van der Waals surface area contributed by atoms with Gasteiger partial charge < -0.3 is 15.5 Å². The minimum atomic E-state index is 0.485. The lowest BCUT2D eigenvalue weighted by Crippen LogP contribution is -2.25. The van der Waals surface area contributed by atoms with Gasteiger partial charge in [0.1, 0.15) is 12.1 Å². The van der Waals surface area contributed by atoms with Gasteiger partial charge in [0.05, 0.1) is 0 Å². The van der Waals surface area contributed by atoms with Crippen LogP contribution in [0.25, 0.3) is 0 Å². The predicted molar refractivity (Wildman–Crippen MR) is 85.3 cm³/mol. The molecule has 0 amide bonds. The molecule has 2 N–H and O–H groups in total. The second-order valence-corrected chi connectivity index (χ2v) is 5.09. The lowest BCUT2D eigenvalue weighted by molar-refractivity contribution is 0.813. The summed E-state index contributed by atoms with van der Waals surface area (Å²) < 4.78 is 0. The van der Waals surface area contributed by atoms with Gasteiger partial charge in [-0.1, -0.05) is 0 Å². The van der Waals surface area contributed by atoms with Gasteiger partial charge in [0, 0.05) is 25.3 Å². The summed E-state index contributed by atoms with van der Waals surface area (Å²) >= 11 is 0. The van der Waals surface area contributed by atoms with Crippen LogP contribution in [0.1, 0.15) is 26.7 Å². The molecular weight excluding hydrogens is 280 g/mol. The SMILES string of the molecule is CCN(CC)c1nc(Nc2ccncn2)nc(NC2CC2)n1. The van der Waals surface area contributed by atoms with Crippen molar-refractivity contribution in [1.82, 2.24) is 24.9 Å². The topological polar surface area (TPSA) is 91.8 Å². The summed E-state index contributed by atoms with van der Waals surface area (Å²) in [6.07, 6.45) is 5.49. The molecule has 0 aromatic carbocycles. The van der Waals surface area contributed by atoms with E-state index in [4.69, 9.17) is 0 Å². The van der Waals surface area contributed by atoms with Crippen molar-refractivity contribution < 1.29 is 0 Å². The lowest BCUT2D eigenvalue weighted by atomic mass is 10.5. The van der Waals surface area contributed by atoms with E-state index in [1.54, 1.807) is 12.3 Å². The molecule has 0 bridgehead atoms.